The van der Waals surface area contributed by atoms with Crippen LogP contribution in [0.4, 0.5) is 0 Å². The van der Waals surface area contributed by atoms with E-state index in [9.17, 15) is 0 Å². The van der Waals surface area contributed by atoms with Crippen LogP contribution in [-0.4, -0.2) is 18.0 Å². The van der Waals surface area contributed by atoms with Gasteiger partial charge in [-0.3, -0.25) is 4.90 Å². The van der Waals surface area contributed by atoms with Gasteiger partial charge in [-0.15, -0.1) is 0 Å². The Morgan fingerprint density at radius 1 is 1.26 bits per heavy atom. The number of nitriles is 2. The normalized spacial score (nSPS) is 18.5. The lowest BCUT2D eigenvalue weighted by molar-refractivity contribution is 0.116. The minimum atomic E-state index is 0.194. The summed E-state index contributed by atoms with van der Waals surface area (Å²) in [4.78, 5) is 2.41. The summed E-state index contributed by atoms with van der Waals surface area (Å²) in [6, 6.07) is 12.3. The minimum absolute atomic E-state index is 0.194. The molecule has 1 fully saturated rings. The molecule has 1 aliphatic heterocycles. The topological polar surface area (TPSA) is 50.8 Å². The van der Waals surface area contributed by atoms with Crippen molar-refractivity contribution in [2.45, 2.75) is 32.7 Å². The molecule has 1 heterocycles. The molecular weight excluding hydrogens is 234 g/mol. The molecule has 98 valence electrons. The number of benzene rings is 1. The van der Waals surface area contributed by atoms with Gasteiger partial charge in [0.1, 0.15) is 0 Å². The molecular formula is C16H19N3. The first-order chi connectivity index (χ1) is 9.15. The van der Waals surface area contributed by atoms with Crippen LogP contribution in [-0.2, 0) is 6.54 Å². The van der Waals surface area contributed by atoms with Crippen molar-refractivity contribution in [1.29, 1.82) is 10.5 Å². The molecule has 3 heteroatoms. The van der Waals surface area contributed by atoms with Crippen molar-refractivity contribution in [1.82, 2.24) is 4.90 Å². The molecule has 0 bridgehead atoms. The monoisotopic (exact) mass is 253 g/mol. The Hall–Kier alpha value is -1.84. The van der Waals surface area contributed by atoms with E-state index in [0.29, 0.717) is 6.42 Å². The first-order valence-electron chi connectivity index (χ1n) is 6.74. The van der Waals surface area contributed by atoms with E-state index < -0.39 is 0 Å². The van der Waals surface area contributed by atoms with E-state index in [-0.39, 0.29) is 5.41 Å². The van der Waals surface area contributed by atoms with Gasteiger partial charge in [-0.05, 0) is 49.0 Å². The van der Waals surface area contributed by atoms with Crippen molar-refractivity contribution in [3.63, 3.8) is 0 Å². The summed E-state index contributed by atoms with van der Waals surface area (Å²) in [5.41, 5.74) is 2.12. The van der Waals surface area contributed by atoms with E-state index in [1.807, 2.05) is 18.2 Å². The lowest BCUT2D eigenvalue weighted by Gasteiger charge is -2.38. The maximum atomic E-state index is 8.90. The number of hydrogen-bond acceptors (Lipinski definition) is 3. The van der Waals surface area contributed by atoms with Gasteiger partial charge < -0.3 is 0 Å². The van der Waals surface area contributed by atoms with E-state index in [2.05, 4.69) is 30.0 Å². The van der Waals surface area contributed by atoms with Crippen LogP contribution in [0, 0.1) is 28.1 Å². The molecule has 0 spiro atoms. The molecule has 2 rings (SSSR count). The molecule has 0 atom stereocenters. The standard InChI is InChI=1S/C16H19N3/c1-16(5-8-17)6-9-19(10-7-16)13-15-4-2-3-14(11-15)12-18/h2-4,11H,5-7,9-10,13H2,1H3. The third-order valence-electron chi connectivity index (χ3n) is 4.03. The van der Waals surface area contributed by atoms with Crippen LogP contribution in [0.15, 0.2) is 24.3 Å². The van der Waals surface area contributed by atoms with Crippen molar-refractivity contribution >= 4 is 0 Å². The summed E-state index contributed by atoms with van der Waals surface area (Å²) >= 11 is 0. The predicted octanol–water partition coefficient (Wildman–Crippen LogP) is 3.07. The highest BCUT2D eigenvalue weighted by atomic mass is 15.1. The molecule has 3 nitrogen and oxygen atoms in total. The van der Waals surface area contributed by atoms with Gasteiger partial charge in [0.05, 0.1) is 17.7 Å². The molecule has 1 aliphatic rings. The first-order valence-corrected chi connectivity index (χ1v) is 6.74. The van der Waals surface area contributed by atoms with E-state index in [0.717, 1.165) is 38.0 Å². The molecule has 0 aromatic heterocycles. The summed E-state index contributed by atoms with van der Waals surface area (Å²) in [5, 5.41) is 17.7. The zero-order valence-electron chi connectivity index (χ0n) is 11.4. The summed E-state index contributed by atoms with van der Waals surface area (Å²) < 4.78 is 0. The second-order valence-electron chi connectivity index (χ2n) is 5.73. The van der Waals surface area contributed by atoms with Gasteiger partial charge in [0.25, 0.3) is 0 Å². The minimum Gasteiger partial charge on any atom is -0.299 e. The molecule has 0 unspecified atom stereocenters. The largest absolute Gasteiger partial charge is 0.299 e. The van der Waals surface area contributed by atoms with Crippen LogP contribution in [0.25, 0.3) is 0 Å². The number of rotatable bonds is 3. The Labute approximate surface area is 115 Å². The highest BCUT2D eigenvalue weighted by molar-refractivity contribution is 5.32. The van der Waals surface area contributed by atoms with Crippen molar-refractivity contribution in [3.8, 4) is 12.1 Å². The Morgan fingerprint density at radius 3 is 2.63 bits per heavy atom. The van der Waals surface area contributed by atoms with Gasteiger partial charge in [-0.1, -0.05) is 19.1 Å². The molecule has 0 saturated carbocycles. The lowest BCUT2D eigenvalue weighted by Crippen LogP contribution is -2.38. The molecule has 1 saturated heterocycles. The van der Waals surface area contributed by atoms with E-state index in [1.54, 1.807) is 0 Å². The second-order valence-corrected chi connectivity index (χ2v) is 5.73. The van der Waals surface area contributed by atoms with Crippen molar-refractivity contribution < 1.29 is 0 Å². The lowest BCUT2D eigenvalue weighted by atomic mass is 9.78. The second kappa shape index (κ2) is 5.87. The van der Waals surface area contributed by atoms with Crippen LogP contribution < -0.4 is 0 Å². The van der Waals surface area contributed by atoms with E-state index >= 15 is 0 Å². The average Bonchev–Trinajstić information content (AvgIpc) is 2.42. The number of piperidine rings is 1. The molecule has 1 aromatic carbocycles. The Morgan fingerprint density at radius 2 is 2.00 bits per heavy atom. The van der Waals surface area contributed by atoms with Crippen LogP contribution in [0.1, 0.15) is 37.3 Å². The highest BCUT2D eigenvalue weighted by Crippen LogP contribution is 2.34. The molecule has 0 aliphatic carbocycles. The van der Waals surface area contributed by atoms with Crippen molar-refractivity contribution in [2.24, 2.45) is 5.41 Å². The summed E-state index contributed by atoms with van der Waals surface area (Å²) in [6.45, 7) is 5.19. The predicted molar refractivity (Wildman–Crippen MR) is 74.0 cm³/mol. The molecule has 0 radical (unpaired) electrons. The zero-order chi connectivity index (χ0) is 13.7. The summed E-state index contributed by atoms with van der Waals surface area (Å²) in [7, 11) is 0. The Kier molecular flexibility index (Phi) is 4.20. The zero-order valence-corrected chi connectivity index (χ0v) is 11.4. The fourth-order valence-electron chi connectivity index (χ4n) is 2.62. The quantitative estimate of drug-likeness (QED) is 0.831. The van der Waals surface area contributed by atoms with Crippen molar-refractivity contribution in [2.75, 3.05) is 13.1 Å². The average molecular weight is 253 g/mol. The van der Waals surface area contributed by atoms with Gasteiger partial charge in [-0.2, -0.15) is 10.5 Å². The maximum Gasteiger partial charge on any atom is 0.0991 e. The van der Waals surface area contributed by atoms with Gasteiger partial charge in [-0.25, -0.2) is 0 Å². The molecule has 0 amide bonds. The third-order valence-corrected chi connectivity index (χ3v) is 4.03. The van der Waals surface area contributed by atoms with Gasteiger partial charge >= 0.3 is 0 Å². The smallest absolute Gasteiger partial charge is 0.0991 e. The van der Waals surface area contributed by atoms with Crippen LogP contribution in [0.5, 0.6) is 0 Å². The maximum absolute atomic E-state index is 8.90. The van der Waals surface area contributed by atoms with Gasteiger partial charge in [0.15, 0.2) is 0 Å². The van der Waals surface area contributed by atoms with E-state index in [4.69, 9.17) is 10.5 Å². The van der Waals surface area contributed by atoms with Gasteiger partial charge in [0, 0.05) is 13.0 Å². The first kappa shape index (κ1) is 13.6. The fraction of sp³-hybridized carbons (Fsp3) is 0.500. The summed E-state index contributed by atoms with van der Waals surface area (Å²) in [6.07, 6.45) is 2.82. The fourth-order valence-corrected chi connectivity index (χ4v) is 2.62. The highest BCUT2D eigenvalue weighted by Gasteiger charge is 2.29. The third kappa shape index (κ3) is 3.56. The SMILES string of the molecule is CC1(CC#N)CCN(Cc2cccc(C#N)c2)CC1. The van der Waals surface area contributed by atoms with Crippen LogP contribution in [0.2, 0.25) is 0 Å². The number of hydrogen-bond donors (Lipinski definition) is 0. The molecule has 0 N–H and O–H groups in total. The van der Waals surface area contributed by atoms with Gasteiger partial charge in [0.2, 0.25) is 0 Å². The molecule has 19 heavy (non-hydrogen) atoms. The Balaban J connectivity index is 1.92. The van der Waals surface area contributed by atoms with E-state index in [1.165, 1.54) is 5.56 Å². The summed E-state index contributed by atoms with van der Waals surface area (Å²) in [5.74, 6) is 0. The van der Waals surface area contributed by atoms with Crippen LogP contribution in [0.3, 0.4) is 0 Å². The van der Waals surface area contributed by atoms with Crippen molar-refractivity contribution in [3.05, 3.63) is 35.4 Å². The van der Waals surface area contributed by atoms with Crippen LogP contribution >= 0.6 is 0 Å². The number of nitrogens with zero attached hydrogens (tertiary/aromatic N) is 3. The number of likely N-dealkylation sites (tertiary alicyclic amines) is 1. The Bertz CT molecular complexity index is 514. The molecule has 1 aromatic rings.